The van der Waals surface area contributed by atoms with Gasteiger partial charge >= 0.3 is 0 Å². The first-order valence-corrected chi connectivity index (χ1v) is 3.43. The van der Waals surface area contributed by atoms with E-state index in [-0.39, 0.29) is 0 Å². The van der Waals surface area contributed by atoms with Crippen molar-refractivity contribution in [2.24, 2.45) is 0 Å². The molecule has 6 nitrogen and oxygen atoms in total. The molecule has 1 aromatic rings. The lowest BCUT2D eigenvalue weighted by molar-refractivity contribution is -0.105. The van der Waals surface area contributed by atoms with Gasteiger partial charge in [0.1, 0.15) is 6.29 Å². The predicted molar refractivity (Wildman–Crippen MR) is 34.8 cm³/mol. The molecule has 0 amide bonds. The molecule has 10 heavy (non-hydrogen) atoms. The van der Waals surface area contributed by atoms with E-state index in [1.807, 2.05) is 0 Å². The Bertz CT molecular complexity index is 222. The third-order valence-electron chi connectivity index (χ3n) is 0.743. The quantitative estimate of drug-likeness (QED) is 0.334. The molecular weight excluding hydrogens is 154 g/mol. The Kier molecular flexibility index (Phi) is 2.21. The molecule has 0 saturated carbocycles. The van der Waals surface area contributed by atoms with Gasteiger partial charge in [-0.3, -0.25) is 0 Å². The second-order valence-electron chi connectivity index (χ2n) is 1.38. The highest BCUT2D eigenvalue weighted by Crippen LogP contribution is 2.08. The van der Waals surface area contributed by atoms with Gasteiger partial charge in [0.15, 0.2) is 0 Å². The first kappa shape index (κ1) is 7.00. The van der Waals surface area contributed by atoms with Gasteiger partial charge in [0.05, 0.1) is 5.75 Å². The number of nitrogens with zero attached hydrogens (tertiary/aromatic N) is 4. The third-order valence-corrected chi connectivity index (χ3v) is 1.57. The second-order valence-corrected chi connectivity index (χ2v) is 2.37. The number of aromatic nitrogens is 4. The van der Waals surface area contributed by atoms with Crippen LogP contribution in [0.1, 0.15) is 0 Å². The van der Waals surface area contributed by atoms with Crippen LogP contribution in [0.4, 0.5) is 0 Å². The van der Waals surface area contributed by atoms with Crippen LogP contribution in [0.2, 0.25) is 0 Å². The van der Waals surface area contributed by atoms with Gasteiger partial charge in [-0.25, -0.2) is 0 Å². The molecule has 1 rings (SSSR count). The molecule has 2 N–H and O–H groups in total. The fourth-order valence-corrected chi connectivity index (χ4v) is 0.869. The topological polar surface area (TPSA) is 86.7 Å². The molecule has 54 valence electrons. The van der Waals surface area contributed by atoms with Crippen LogP contribution in [0.3, 0.4) is 0 Å². The number of nitrogens with two attached hydrogens (primary N) is 1. The van der Waals surface area contributed by atoms with Gasteiger partial charge in [-0.1, -0.05) is 16.9 Å². The predicted octanol–water partition coefficient (Wildman–Crippen LogP) is -1.32. The molecular formula is C3H5N5OS. The van der Waals surface area contributed by atoms with Crippen LogP contribution in [-0.2, 0) is 4.79 Å². The molecule has 1 heterocycles. The van der Waals surface area contributed by atoms with Crippen molar-refractivity contribution in [3.8, 4) is 0 Å². The average molecular weight is 159 g/mol. The summed E-state index contributed by atoms with van der Waals surface area (Å²) in [5, 5.41) is 10.6. The largest absolute Gasteiger partial charge is 0.319 e. The standard InChI is InChI=1S/C3H5N5OS/c4-8-3(5-6-7-8)10-2-1-9/h1H,2,4H2. The van der Waals surface area contributed by atoms with E-state index in [2.05, 4.69) is 15.5 Å². The van der Waals surface area contributed by atoms with Crippen LogP contribution in [0.5, 0.6) is 0 Å². The van der Waals surface area contributed by atoms with E-state index < -0.39 is 0 Å². The molecule has 7 heteroatoms. The van der Waals surface area contributed by atoms with Gasteiger partial charge in [0.2, 0.25) is 5.16 Å². The molecule has 0 bridgehead atoms. The van der Waals surface area contributed by atoms with Gasteiger partial charge < -0.3 is 10.6 Å². The first-order valence-electron chi connectivity index (χ1n) is 2.44. The number of hydrogen-bond acceptors (Lipinski definition) is 6. The molecule has 0 aliphatic carbocycles. The minimum Gasteiger partial charge on any atom is -0.319 e. The fourth-order valence-electron chi connectivity index (χ4n) is 0.389. The van der Waals surface area contributed by atoms with Gasteiger partial charge in [-0.15, -0.1) is 4.79 Å². The molecule has 0 fully saturated rings. The van der Waals surface area contributed by atoms with Crippen molar-refractivity contribution in [3.63, 3.8) is 0 Å². The van der Waals surface area contributed by atoms with E-state index in [4.69, 9.17) is 5.84 Å². The zero-order valence-electron chi connectivity index (χ0n) is 4.97. The number of rotatable bonds is 3. The average Bonchev–Trinajstić information content (AvgIpc) is 2.31. The molecule has 0 atom stereocenters. The fraction of sp³-hybridized carbons (Fsp3) is 0.333. The van der Waals surface area contributed by atoms with Crippen molar-refractivity contribution < 1.29 is 4.79 Å². The lowest BCUT2D eigenvalue weighted by Crippen LogP contribution is -2.11. The number of thioether (sulfide) groups is 1. The van der Waals surface area contributed by atoms with Crippen LogP contribution in [-0.4, -0.2) is 32.4 Å². The summed E-state index contributed by atoms with van der Waals surface area (Å²) in [5.74, 6) is 5.54. The van der Waals surface area contributed by atoms with Gasteiger partial charge in [-0.2, -0.15) is 0 Å². The zero-order chi connectivity index (χ0) is 7.40. The Morgan fingerprint density at radius 1 is 1.80 bits per heavy atom. The van der Waals surface area contributed by atoms with E-state index in [9.17, 15) is 4.79 Å². The lowest BCUT2D eigenvalue weighted by Gasteiger charge is -1.90. The Morgan fingerprint density at radius 2 is 2.60 bits per heavy atom. The number of carbonyl (C=O) groups is 1. The third kappa shape index (κ3) is 1.44. The summed E-state index contributed by atoms with van der Waals surface area (Å²) in [5.41, 5.74) is 0. The minimum atomic E-state index is 0.317. The zero-order valence-corrected chi connectivity index (χ0v) is 5.78. The molecule has 0 spiro atoms. The highest BCUT2D eigenvalue weighted by atomic mass is 32.2. The van der Waals surface area contributed by atoms with E-state index in [1.165, 1.54) is 11.8 Å². The van der Waals surface area contributed by atoms with Crippen LogP contribution < -0.4 is 5.84 Å². The van der Waals surface area contributed by atoms with Gasteiger partial charge in [-0.05, 0) is 10.4 Å². The molecule has 1 aromatic heterocycles. The SMILES string of the molecule is Nn1nnnc1SCC=O. The van der Waals surface area contributed by atoms with Crippen molar-refractivity contribution in [2.45, 2.75) is 5.16 Å². The number of nitrogen functional groups attached to an aromatic ring is 1. The molecule has 0 saturated heterocycles. The number of tetrazole rings is 1. The first-order chi connectivity index (χ1) is 4.84. The Hall–Kier alpha value is -1.11. The summed E-state index contributed by atoms with van der Waals surface area (Å²) in [6, 6.07) is 0. The van der Waals surface area contributed by atoms with Crippen LogP contribution in [0, 0.1) is 0 Å². The molecule has 0 aliphatic rings. The highest BCUT2D eigenvalue weighted by Gasteiger charge is 2.00. The van der Waals surface area contributed by atoms with Crippen molar-refractivity contribution in [1.29, 1.82) is 0 Å². The molecule has 0 unspecified atom stereocenters. The van der Waals surface area contributed by atoms with Gasteiger partial charge in [0.25, 0.3) is 0 Å². The summed E-state index contributed by atoms with van der Waals surface area (Å²) in [4.78, 5) is 10.9. The number of aldehydes is 1. The van der Waals surface area contributed by atoms with E-state index >= 15 is 0 Å². The van der Waals surface area contributed by atoms with Crippen LogP contribution >= 0.6 is 11.8 Å². The monoisotopic (exact) mass is 159 g/mol. The van der Waals surface area contributed by atoms with E-state index in [0.717, 1.165) is 11.1 Å². The number of carbonyl (C=O) groups excluding carboxylic acids is 1. The maximum atomic E-state index is 9.87. The van der Waals surface area contributed by atoms with E-state index in [0.29, 0.717) is 10.9 Å². The lowest BCUT2D eigenvalue weighted by atomic mass is 10.9. The van der Waals surface area contributed by atoms with Crippen molar-refractivity contribution in [1.82, 2.24) is 20.3 Å². The second kappa shape index (κ2) is 3.16. The summed E-state index contributed by atoms with van der Waals surface area (Å²) in [7, 11) is 0. The number of hydrogen-bond donors (Lipinski definition) is 1. The van der Waals surface area contributed by atoms with Crippen LogP contribution in [0.15, 0.2) is 5.16 Å². The summed E-state index contributed by atoms with van der Waals surface area (Å²) in [6.07, 6.45) is 0.763. The molecule has 0 aromatic carbocycles. The van der Waals surface area contributed by atoms with Gasteiger partial charge in [0, 0.05) is 0 Å². The summed E-state index contributed by atoms with van der Waals surface area (Å²) < 4.78 is 0. The smallest absolute Gasteiger partial charge is 0.230 e. The maximum absolute atomic E-state index is 9.87. The Morgan fingerprint density at radius 3 is 3.10 bits per heavy atom. The Labute approximate surface area is 60.7 Å². The highest BCUT2D eigenvalue weighted by molar-refractivity contribution is 7.99. The van der Waals surface area contributed by atoms with Crippen molar-refractivity contribution >= 4 is 18.0 Å². The van der Waals surface area contributed by atoms with Crippen molar-refractivity contribution in [3.05, 3.63) is 0 Å². The minimum absolute atomic E-state index is 0.317. The molecule has 0 aliphatic heterocycles. The van der Waals surface area contributed by atoms with Crippen LogP contribution in [0.25, 0.3) is 0 Å². The Balaban J connectivity index is 2.56. The normalized spacial score (nSPS) is 9.60. The summed E-state index contributed by atoms with van der Waals surface area (Å²) in [6.45, 7) is 0. The van der Waals surface area contributed by atoms with Crippen molar-refractivity contribution in [2.75, 3.05) is 11.6 Å². The molecule has 0 radical (unpaired) electrons. The summed E-state index contributed by atoms with van der Waals surface area (Å²) >= 11 is 1.19. The van der Waals surface area contributed by atoms with E-state index in [1.54, 1.807) is 0 Å². The maximum Gasteiger partial charge on any atom is 0.230 e.